The van der Waals surface area contributed by atoms with E-state index in [-0.39, 0.29) is 54.7 Å². The number of hydrogen-bond donors (Lipinski definition) is 5. The number of Topliss-reactive ketones (excluding diaryl/α,β-unsaturated/α-hetero) is 2. The first-order valence-corrected chi connectivity index (χ1v) is 13.8. The minimum Gasteiger partial charge on any atom is -0.508 e. The maximum absolute atomic E-state index is 14.1. The molecule has 13 heteroatoms. The number of benzene rings is 1. The summed E-state index contributed by atoms with van der Waals surface area (Å²) in [7, 11) is 6.58. The number of aliphatic hydroxyl groups excluding tert-OH is 2. The maximum atomic E-state index is 14.1. The van der Waals surface area contributed by atoms with E-state index in [0.717, 1.165) is 0 Å². The summed E-state index contributed by atoms with van der Waals surface area (Å²) in [6.45, 7) is -0.118. The van der Waals surface area contributed by atoms with E-state index in [2.05, 4.69) is 0 Å². The fourth-order valence-corrected chi connectivity index (χ4v) is 7.29. The van der Waals surface area contributed by atoms with Gasteiger partial charge in [-0.3, -0.25) is 24.2 Å². The second-order valence-corrected chi connectivity index (χ2v) is 12.3. The highest BCUT2D eigenvalue weighted by Gasteiger charge is 2.64. The Labute approximate surface area is 241 Å². The van der Waals surface area contributed by atoms with Gasteiger partial charge in [-0.1, -0.05) is 0 Å². The highest BCUT2D eigenvalue weighted by atomic mass is 19.3. The summed E-state index contributed by atoms with van der Waals surface area (Å²) in [5.74, 6) is -10.1. The lowest BCUT2D eigenvalue weighted by Crippen LogP contribution is -2.65. The number of phenols is 1. The SMILES string of the molecule is CN(C)c1cc(CN2CCCC(F)(F)C2)c(O)c2c1CC1CC3[C@H](N(C)C)C(=O)C(C(N)=O)=C(O)[C@@]3(O)C(=O)C1=C2O. The van der Waals surface area contributed by atoms with Crippen LogP contribution in [0.15, 0.2) is 23.0 Å². The summed E-state index contributed by atoms with van der Waals surface area (Å²) in [4.78, 5) is 44.2. The molecule has 0 radical (unpaired) electrons. The molecule has 6 N–H and O–H groups in total. The first-order chi connectivity index (χ1) is 19.5. The molecule has 4 atom stereocenters. The quantitative estimate of drug-likeness (QED) is 0.315. The number of piperidine rings is 1. The van der Waals surface area contributed by atoms with Crippen molar-refractivity contribution in [3.63, 3.8) is 0 Å². The monoisotopic (exact) mass is 590 g/mol. The van der Waals surface area contributed by atoms with E-state index >= 15 is 0 Å². The average Bonchev–Trinajstić information content (AvgIpc) is 2.86. The molecular formula is C29H36F2N4O7. The molecule has 3 aliphatic carbocycles. The number of nitrogens with zero attached hydrogens (tertiary/aromatic N) is 3. The van der Waals surface area contributed by atoms with Gasteiger partial charge in [-0.2, -0.15) is 0 Å². The molecular weight excluding hydrogens is 554 g/mol. The molecule has 1 aliphatic heterocycles. The largest absolute Gasteiger partial charge is 0.508 e. The van der Waals surface area contributed by atoms with Crippen molar-refractivity contribution in [3.8, 4) is 5.75 Å². The van der Waals surface area contributed by atoms with E-state index in [1.165, 1.54) is 23.9 Å². The zero-order valence-electron chi connectivity index (χ0n) is 23.9. The van der Waals surface area contributed by atoms with Crippen LogP contribution >= 0.6 is 0 Å². The van der Waals surface area contributed by atoms with Crippen LogP contribution in [0.3, 0.4) is 0 Å². The number of aromatic hydroxyl groups is 1. The summed E-state index contributed by atoms with van der Waals surface area (Å²) in [5.41, 5.74) is 2.82. The fraction of sp³-hybridized carbons (Fsp3) is 0.552. The lowest BCUT2D eigenvalue weighted by atomic mass is 9.57. The van der Waals surface area contributed by atoms with Crippen LogP contribution in [-0.4, -0.2) is 107 Å². The van der Waals surface area contributed by atoms with E-state index in [9.17, 15) is 43.6 Å². The van der Waals surface area contributed by atoms with Gasteiger partial charge in [0.05, 0.1) is 18.2 Å². The molecule has 2 fully saturated rings. The van der Waals surface area contributed by atoms with Crippen LogP contribution in [-0.2, 0) is 27.3 Å². The van der Waals surface area contributed by atoms with Gasteiger partial charge in [-0.15, -0.1) is 0 Å². The summed E-state index contributed by atoms with van der Waals surface area (Å²) in [6, 6.07) is 0.509. The Hall–Kier alpha value is -3.55. The van der Waals surface area contributed by atoms with Crippen LogP contribution in [0.25, 0.3) is 5.76 Å². The number of alkyl halides is 2. The van der Waals surface area contributed by atoms with Gasteiger partial charge in [-0.05, 0) is 57.5 Å². The molecule has 42 heavy (non-hydrogen) atoms. The normalized spacial score (nSPS) is 29.4. The number of primary amides is 1. The number of ketones is 2. The Morgan fingerprint density at radius 1 is 1.17 bits per heavy atom. The smallest absolute Gasteiger partial charge is 0.260 e. The Kier molecular flexibility index (Phi) is 7.14. The van der Waals surface area contributed by atoms with E-state index in [1.54, 1.807) is 25.1 Å². The second-order valence-electron chi connectivity index (χ2n) is 12.3. The van der Waals surface area contributed by atoms with Crippen LogP contribution < -0.4 is 10.6 Å². The molecule has 0 aromatic heterocycles. The third-order valence-electron chi connectivity index (χ3n) is 9.12. The zero-order valence-corrected chi connectivity index (χ0v) is 23.9. The Bertz CT molecular complexity index is 1450. The molecule has 228 valence electrons. The number of fused-ring (bicyclic) bond motifs is 3. The van der Waals surface area contributed by atoms with Gasteiger partial charge in [0.2, 0.25) is 5.78 Å². The van der Waals surface area contributed by atoms with Crippen molar-refractivity contribution in [2.75, 3.05) is 46.2 Å². The molecule has 1 aromatic rings. The van der Waals surface area contributed by atoms with Gasteiger partial charge in [0.25, 0.3) is 11.8 Å². The minimum atomic E-state index is -2.87. The zero-order chi connectivity index (χ0) is 31.0. The summed E-state index contributed by atoms with van der Waals surface area (Å²) in [6.07, 6.45) is 0.175. The third kappa shape index (κ3) is 4.36. The minimum absolute atomic E-state index is 0.0238. The average molecular weight is 591 g/mol. The predicted molar refractivity (Wildman–Crippen MR) is 148 cm³/mol. The van der Waals surface area contributed by atoms with Crippen molar-refractivity contribution in [1.82, 2.24) is 9.80 Å². The molecule has 1 heterocycles. The van der Waals surface area contributed by atoms with Crippen LogP contribution in [0.1, 0.15) is 36.0 Å². The van der Waals surface area contributed by atoms with Crippen molar-refractivity contribution in [2.24, 2.45) is 17.6 Å². The molecule has 5 rings (SSSR count). The van der Waals surface area contributed by atoms with Gasteiger partial charge < -0.3 is 31.1 Å². The van der Waals surface area contributed by atoms with Crippen LogP contribution in [0.2, 0.25) is 0 Å². The van der Waals surface area contributed by atoms with Crippen molar-refractivity contribution >= 4 is 28.9 Å². The van der Waals surface area contributed by atoms with E-state index < -0.39 is 70.5 Å². The first kappa shape index (κ1) is 29.9. The standard InChI is InChI=1S/C29H36F2N4O7/c1-33(2)17-10-14(11-35-7-5-6-28(30,31)12-35)22(36)19-15(17)8-13-9-16-21(34(3)4)24(38)20(27(32)41)26(40)29(16,42)25(39)18(13)23(19)37/h10,13,16,21,36-37,40,42H,5-9,11-12H2,1-4H3,(H2,32,41)/t13?,16?,21-,29-/m0/s1. The lowest BCUT2D eigenvalue weighted by Gasteiger charge is -2.50. The van der Waals surface area contributed by atoms with E-state index in [1.807, 2.05) is 0 Å². The topological polar surface area (TPSA) is 168 Å². The Morgan fingerprint density at radius 2 is 1.83 bits per heavy atom. The molecule has 1 saturated heterocycles. The third-order valence-corrected chi connectivity index (χ3v) is 9.12. The number of phenolic OH excluding ortho intramolecular Hbond substituents is 1. The van der Waals surface area contributed by atoms with Gasteiger partial charge in [0.1, 0.15) is 22.8 Å². The summed E-state index contributed by atoms with van der Waals surface area (Å²) >= 11 is 0. The summed E-state index contributed by atoms with van der Waals surface area (Å²) < 4.78 is 28.2. The molecule has 11 nitrogen and oxygen atoms in total. The highest BCUT2D eigenvalue weighted by molar-refractivity contribution is 6.24. The second kappa shape index (κ2) is 10.0. The number of likely N-dealkylation sites (N-methyl/N-ethyl adjacent to an activating group) is 1. The molecule has 0 bridgehead atoms. The number of carbonyl (C=O) groups excluding carboxylic acids is 3. The van der Waals surface area contributed by atoms with Gasteiger partial charge in [0, 0.05) is 49.8 Å². The number of carbonyl (C=O) groups is 3. The van der Waals surface area contributed by atoms with Gasteiger partial charge in [-0.25, -0.2) is 8.78 Å². The van der Waals surface area contributed by atoms with Crippen LogP contribution in [0.5, 0.6) is 5.75 Å². The van der Waals surface area contributed by atoms with Crippen molar-refractivity contribution in [1.29, 1.82) is 0 Å². The van der Waals surface area contributed by atoms with Gasteiger partial charge in [0.15, 0.2) is 11.4 Å². The number of anilines is 1. The number of aliphatic hydroxyl groups is 3. The lowest BCUT2D eigenvalue weighted by molar-refractivity contribution is -0.153. The number of likely N-dealkylation sites (tertiary alicyclic amines) is 1. The van der Waals surface area contributed by atoms with Crippen LogP contribution in [0, 0.1) is 11.8 Å². The summed E-state index contributed by atoms with van der Waals surface area (Å²) in [5, 5.41) is 45.8. The van der Waals surface area contributed by atoms with Crippen molar-refractivity contribution in [2.45, 2.75) is 49.8 Å². The number of hydrogen-bond acceptors (Lipinski definition) is 10. The van der Waals surface area contributed by atoms with Crippen molar-refractivity contribution in [3.05, 3.63) is 39.7 Å². The predicted octanol–water partition coefficient (Wildman–Crippen LogP) is 1.26. The molecule has 4 aliphatic rings. The Morgan fingerprint density at radius 3 is 2.40 bits per heavy atom. The highest BCUT2D eigenvalue weighted by Crippen LogP contribution is 2.54. The fourth-order valence-electron chi connectivity index (χ4n) is 7.29. The number of nitrogens with two attached hydrogens (primary N) is 1. The number of rotatable bonds is 5. The maximum Gasteiger partial charge on any atom is 0.260 e. The number of amides is 1. The molecule has 0 spiro atoms. The van der Waals surface area contributed by atoms with Crippen molar-refractivity contribution < 1.29 is 43.6 Å². The van der Waals surface area contributed by atoms with E-state index in [4.69, 9.17) is 5.73 Å². The Balaban J connectivity index is 1.67. The molecule has 1 aromatic carbocycles. The first-order valence-electron chi connectivity index (χ1n) is 13.8. The van der Waals surface area contributed by atoms with Crippen LogP contribution in [0.4, 0.5) is 14.5 Å². The number of halogens is 2. The molecule has 2 unspecified atom stereocenters. The molecule has 1 amide bonds. The molecule has 1 saturated carbocycles. The van der Waals surface area contributed by atoms with Gasteiger partial charge >= 0.3 is 0 Å². The van der Waals surface area contributed by atoms with E-state index in [0.29, 0.717) is 17.8 Å².